The molecule has 0 saturated heterocycles. The quantitative estimate of drug-likeness (QED) is 0.789. The molecule has 0 fully saturated rings. The molecule has 0 spiro atoms. The van der Waals surface area contributed by atoms with Crippen LogP contribution in [0.4, 0.5) is 20.2 Å². The SMILES string of the molecule is C[C@H](C(=O)Nc1ccc(F)cc1F)N(c1cc(Cl)ccc1Cl)S(C)(=O)=O. The molecule has 1 amide bonds. The fraction of sp³-hybridized carbons (Fsp3) is 0.188. The molecule has 0 unspecified atom stereocenters. The Bertz CT molecular complexity index is 955. The average Bonchev–Trinajstić information content (AvgIpc) is 2.52. The van der Waals surface area contributed by atoms with E-state index in [1.54, 1.807) is 0 Å². The normalized spacial score (nSPS) is 12.5. The van der Waals surface area contributed by atoms with Gasteiger partial charge < -0.3 is 5.32 Å². The van der Waals surface area contributed by atoms with Gasteiger partial charge in [-0.05, 0) is 37.3 Å². The summed E-state index contributed by atoms with van der Waals surface area (Å²) in [7, 11) is -3.93. The van der Waals surface area contributed by atoms with Crippen LogP contribution in [0.25, 0.3) is 0 Å². The molecule has 0 saturated carbocycles. The summed E-state index contributed by atoms with van der Waals surface area (Å²) in [6.45, 7) is 1.30. The van der Waals surface area contributed by atoms with Crippen molar-refractivity contribution in [3.05, 3.63) is 58.1 Å². The lowest BCUT2D eigenvalue weighted by atomic mass is 10.2. The third kappa shape index (κ3) is 4.63. The molecule has 0 aliphatic carbocycles. The highest BCUT2D eigenvalue weighted by Crippen LogP contribution is 2.32. The van der Waals surface area contributed by atoms with E-state index in [0.29, 0.717) is 6.07 Å². The zero-order valence-electron chi connectivity index (χ0n) is 13.6. The zero-order chi connectivity index (χ0) is 19.6. The maximum atomic E-state index is 13.7. The first kappa shape index (κ1) is 20.4. The molecule has 2 aromatic rings. The molecule has 0 aromatic heterocycles. The van der Waals surface area contributed by atoms with Crippen molar-refractivity contribution in [2.75, 3.05) is 15.9 Å². The highest BCUT2D eigenvalue weighted by atomic mass is 35.5. The van der Waals surface area contributed by atoms with Crippen molar-refractivity contribution < 1.29 is 22.0 Å². The number of benzene rings is 2. The van der Waals surface area contributed by atoms with Crippen LogP contribution in [0.3, 0.4) is 0 Å². The predicted molar refractivity (Wildman–Crippen MR) is 98.2 cm³/mol. The molecule has 2 rings (SSSR count). The Kier molecular flexibility index (Phi) is 6.10. The van der Waals surface area contributed by atoms with E-state index in [1.165, 1.54) is 25.1 Å². The van der Waals surface area contributed by atoms with Crippen molar-refractivity contribution in [3.8, 4) is 0 Å². The Morgan fingerprint density at radius 2 is 1.81 bits per heavy atom. The van der Waals surface area contributed by atoms with Crippen LogP contribution in [-0.2, 0) is 14.8 Å². The first-order valence-electron chi connectivity index (χ1n) is 7.21. The number of nitrogens with zero attached hydrogens (tertiary/aromatic N) is 1. The fourth-order valence-corrected chi connectivity index (χ4v) is 3.87. The number of hydrogen-bond donors (Lipinski definition) is 1. The van der Waals surface area contributed by atoms with Crippen molar-refractivity contribution in [2.24, 2.45) is 0 Å². The second-order valence-corrected chi connectivity index (χ2v) is 8.15. The molecular formula is C16H14Cl2F2N2O3S. The van der Waals surface area contributed by atoms with Gasteiger partial charge in [0.15, 0.2) is 0 Å². The second kappa shape index (κ2) is 7.77. The van der Waals surface area contributed by atoms with Gasteiger partial charge in [0.1, 0.15) is 17.7 Å². The third-order valence-electron chi connectivity index (χ3n) is 3.42. The number of carbonyl (C=O) groups excluding carboxylic acids is 1. The maximum absolute atomic E-state index is 13.7. The van der Waals surface area contributed by atoms with Crippen molar-refractivity contribution in [1.82, 2.24) is 0 Å². The molecule has 0 aliphatic heterocycles. The van der Waals surface area contributed by atoms with Gasteiger partial charge in [0.25, 0.3) is 0 Å². The monoisotopic (exact) mass is 422 g/mol. The van der Waals surface area contributed by atoms with Crippen LogP contribution in [0.2, 0.25) is 10.0 Å². The molecule has 1 N–H and O–H groups in total. The average molecular weight is 423 g/mol. The lowest BCUT2D eigenvalue weighted by molar-refractivity contribution is -0.116. The smallest absolute Gasteiger partial charge is 0.248 e. The molecule has 0 bridgehead atoms. The van der Waals surface area contributed by atoms with Gasteiger partial charge in [-0.1, -0.05) is 23.2 Å². The zero-order valence-corrected chi connectivity index (χ0v) is 16.0. The van der Waals surface area contributed by atoms with Crippen LogP contribution >= 0.6 is 23.2 Å². The molecule has 1 atom stereocenters. The lowest BCUT2D eigenvalue weighted by Gasteiger charge is -2.29. The number of anilines is 2. The Morgan fingerprint density at radius 3 is 2.38 bits per heavy atom. The van der Waals surface area contributed by atoms with Crippen molar-refractivity contribution in [1.29, 1.82) is 0 Å². The topological polar surface area (TPSA) is 66.5 Å². The number of amides is 1. The van der Waals surface area contributed by atoms with E-state index in [0.717, 1.165) is 22.7 Å². The Labute approximate surface area is 159 Å². The molecular weight excluding hydrogens is 409 g/mol. The highest BCUT2D eigenvalue weighted by Gasteiger charge is 2.31. The Balaban J connectivity index is 2.39. The van der Waals surface area contributed by atoms with Gasteiger partial charge in [0.2, 0.25) is 15.9 Å². The van der Waals surface area contributed by atoms with Crippen LogP contribution in [-0.4, -0.2) is 26.6 Å². The van der Waals surface area contributed by atoms with Gasteiger partial charge >= 0.3 is 0 Å². The number of nitrogens with one attached hydrogen (secondary N) is 1. The van der Waals surface area contributed by atoms with Crippen LogP contribution in [0.15, 0.2) is 36.4 Å². The van der Waals surface area contributed by atoms with E-state index < -0.39 is 33.6 Å². The van der Waals surface area contributed by atoms with Crippen molar-refractivity contribution >= 4 is 50.5 Å². The van der Waals surface area contributed by atoms with Gasteiger partial charge in [0, 0.05) is 11.1 Å². The van der Waals surface area contributed by atoms with Crippen LogP contribution < -0.4 is 9.62 Å². The molecule has 0 radical (unpaired) electrons. The standard InChI is InChI=1S/C16H14Cl2F2N2O3S/c1-9(16(23)21-14-6-4-11(19)8-13(14)20)22(26(2,24)25)15-7-10(17)3-5-12(15)18/h3-9H,1-2H3,(H,21,23)/t9-/m1/s1. The summed E-state index contributed by atoms with van der Waals surface area (Å²) in [6, 6.07) is 5.47. The molecule has 26 heavy (non-hydrogen) atoms. The van der Waals surface area contributed by atoms with Crippen LogP contribution in [0, 0.1) is 11.6 Å². The third-order valence-corrected chi connectivity index (χ3v) is 5.21. The van der Waals surface area contributed by atoms with E-state index >= 15 is 0 Å². The summed E-state index contributed by atoms with van der Waals surface area (Å²) < 4.78 is 51.9. The van der Waals surface area contributed by atoms with Crippen LogP contribution in [0.5, 0.6) is 0 Å². The molecule has 140 valence electrons. The summed E-state index contributed by atoms with van der Waals surface area (Å²) in [4.78, 5) is 12.5. The minimum Gasteiger partial charge on any atom is -0.322 e. The largest absolute Gasteiger partial charge is 0.322 e. The summed E-state index contributed by atoms with van der Waals surface area (Å²) in [5, 5.41) is 2.51. The Morgan fingerprint density at radius 1 is 1.15 bits per heavy atom. The summed E-state index contributed by atoms with van der Waals surface area (Å²) in [5.74, 6) is -2.63. The van der Waals surface area contributed by atoms with Crippen molar-refractivity contribution in [2.45, 2.75) is 13.0 Å². The number of carbonyl (C=O) groups is 1. The summed E-state index contributed by atoms with van der Waals surface area (Å²) >= 11 is 11.9. The van der Waals surface area contributed by atoms with E-state index in [1.807, 2.05) is 0 Å². The van der Waals surface area contributed by atoms with Gasteiger partial charge in [-0.25, -0.2) is 17.2 Å². The van der Waals surface area contributed by atoms with Crippen molar-refractivity contribution in [3.63, 3.8) is 0 Å². The van der Waals surface area contributed by atoms with E-state index in [4.69, 9.17) is 23.2 Å². The van der Waals surface area contributed by atoms with Gasteiger partial charge in [0.05, 0.1) is 22.7 Å². The summed E-state index contributed by atoms with van der Waals surface area (Å²) in [6.07, 6.45) is 0.895. The first-order valence-corrected chi connectivity index (χ1v) is 9.81. The number of sulfonamides is 1. The molecule has 0 aliphatic rings. The van der Waals surface area contributed by atoms with Gasteiger partial charge in [-0.15, -0.1) is 0 Å². The lowest BCUT2D eigenvalue weighted by Crippen LogP contribution is -2.45. The highest BCUT2D eigenvalue weighted by molar-refractivity contribution is 7.92. The van der Waals surface area contributed by atoms with Crippen LogP contribution in [0.1, 0.15) is 6.92 Å². The molecule has 5 nitrogen and oxygen atoms in total. The molecule has 10 heteroatoms. The minimum atomic E-state index is -3.93. The summed E-state index contributed by atoms with van der Waals surface area (Å²) in [5.41, 5.74) is -0.280. The molecule has 2 aromatic carbocycles. The van der Waals surface area contributed by atoms with E-state index in [9.17, 15) is 22.0 Å². The molecule has 0 heterocycles. The second-order valence-electron chi connectivity index (χ2n) is 5.44. The fourth-order valence-electron chi connectivity index (χ4n) is 2.26. The number of hydrogen-bond acceptors (Lipinski definition) is 3. The van der Waals surface area contributed by atoms with Gasteiger partial charge in [-0.3, -0.25) is 9.10 Å². The number of halogens is 4. The van der Waals surface area contributed by atoms with E-state index in [2.05, 4.69) is 5.32 Å². The van der Waals surface area contributed by atoms with E-state index in [-0.39, 0.29) is 21.4 Å². The van der Waals surface area contributed by atoms with Gasteiger partial charge in [-0.2, -0.15) is 0 Å². The minimum absolute atomic E-state index is 0.00361. The Hall–Kier alpha value is -1.90. The number of rotatable bonds is 5. The maximum Gasteiger partial charge on any atom is 0.248 e. The predicted octanol–water partition coefficient (Wildman–Crippen LogP) is 4.06. The first-order chi connectivity index (χ1) is 12.0.